The predicted molar refractivity (Wildman–Crippen MR) is 116 cm³/mol. The van der Waals surface area contributed by atoms with E-state index in [0.29, 0.717) is 16.3 Å². The molecule has 1 amide bonds. The van der Waals surface area contributed by atoms with Crippen LogP contribution in [-0.4, -0.2) is 45.6 Å². The van der Waals surface area contributed by atoms with Crippen LogP contribution in [-0.2, 0) is 6.54 Å². The van der Waals surface area contributed by atoms with Crippen LogP contribution in [0.15, 0.2) is 54.7 Å². The number of thioether (sulfide) groups is 1. The van der Waals surface area contributed by atoms with Gasteiger partial charge >= 0.3 is 0 Å². The van der Waals surface area contributed by atoms with E-state index in [4.69, 9.17) is 11.6 Å². The van der Waals surface area contributed by atoms with E-state index in [2.05, 4.69) is 26.5 Å². The molecule has 0 bridgehead atoms. The molecule has 0 radical (unpaired) electrons. The van der Waals surface area contributed by atoms with E-state index < -0.39 is 0 Å². The van der Waals surface area contributed by atoms with Crippen LogP contribution in [0.4, 0.5) is 5.69 Å². The van der Waals surface area contributed by atoms with Crippen LogP contribution < -0.4 is 5.32 Å². The number of H-pyrrole nitrogens is 1. The molecule has 0 atom stereocenters. The quantitative estimate of drug-likeness (QED) is 0.646. The molecule has 1 fully saturated rings. The maximum absolute atomic E-state index is 12.8. The zero-order valence-electron chi connectivity index (χ0n) is 15.3. The summed E-state index contributed by atoms with van der Waals surface area (Å²) >= 11 is 7.96. The van der Waals surface area contributed by atoms with Gasteiger partial charge in [0.2, 0.25) is 0 Å². The summed E-state index contributed by atoms with van der Waals surface area (Å²) in [6.45, 7) is 3.13. The van der Waals surface area contributed by atoms with E-state index in [1.807, 2.05) is 42.1 Å². The van der Waals surface area contributed by atoms with Gasteiger partial charge in [0.25, 0.3) is 5.91 Å². The third-order valence-electron chi connectivity index (χ3n) is 4.71. The number of halogens is 1. The van der Waals surface area contributed by atoms with Gasteiger partial charge in [-0.25, -0.2) is 0 Å². The molecule has 0 unspecified atom stereocenters. The van der Waals surface area contributed by atoms with Crippen LogP contribution in [0.3, 0.4) is 0 Å². The van der Waals surface area contributed by atoms with Crippen molar-refractivity contribution in [3.05, 3.63) is 70.9 Å². The summed E-state index contributed by atoms with van der Waals surface area (Å²) in [5.41, 5.74) is 4.03. The second kappa shape index (κ2) is 8.82. The summed E-state index contributed by atoms with van der Waals surface area (Å²) in [5, 5.41) is 10.6. The van der Waals surface area contributed by atoms with Gasteiger partial charge in [-0.2, -0.15) is 16.9 Å². The molecule has 0 saturated carbocycles. The fraction of sp³-hybridized carbons (Fsp3) is 0.238. The predicted octanol–water partition coefficient (Wildman–Crippen LogP) is 4.53. The second-order valence-corrected chi connectivity index (χ2v) is 8.37. The molecule has 3 aromatic rings. The first-order valence-corrected chi connectivity index (χ1v) is 10.7. The lowest BCUT2D eigenvalue weighted by Crippen LogP contribution is -2.31. The number of aromatic nitrogens is 2. The molecule has 2 N–H and O–H groups in total. The van der Waals surface area contributed by atoms with Crippen molar-refractivity contribution in [1.82, 2.24) is 15.1 Å². The van der Waals surface area contributed by atoms with Crippen LogP contribution >= 0.6 is 23.4 Å². The van der Waals surface area contributed by atoms with E-state index in [0.717, 1.165) is 30.9 Å². The molecule has 144 valence electrons. The van der Waals surface area contributed by atoms with Crippen molar-refractivity contribution in [3.63, 3.8) is 0 Å². The number of nitrogens with one attached hydrogen (secondary N) is 2. The minimum Gasteiger partial charge on any atom is -0.322 e. The molecule has 28 heavy (non-hydrogen) atoms. The highest BCUT2D eigenvalue weighted by molar-refractivity contribution is 7.99. The number of hydrogen-bond acceptors (Lipinski definition) is 4. The SMILES string of the molecule is O=C(Nc1cccc(CN2CCSCC2)c1)c1cn[nH]c1-c1ccc(Cl)cc1. The molecule has 1 aliphatic heterocycles. The Bertz CT molecular complexity index is 951. The smallest absolute Gasteiger partial charge is 0.259 e. The average molecular weight is 413 g/mol. The Labute approximate surface area is 173 Å². The van der Waals surface area contributed by atoms with Crippen molar-refractivity contribution in [1.29, 1.82) is 0 Å². The average Bonchev–Trinajstić information content (AvgIpc) is 3.20. The highest BCUT2D eigenvalue weighted by Gasteiger charge is 2.16. The summed E-state index contributed by atoms with van der Waals surface area (Å²) < 4.78 is 0. The van der Waals surface area contributed by atoms with Crippen molar-refractivity contribution >= 4 is 35.0 Å². The Hall–Kier alpha value is -2.28. The summed E-state index contributed by atoms with van der Waals surface area (Å²) in [7, 11) is 0. The Morgan fingerprint density at radius 1 is 1.18 bits per heavy atom. The number of rotatable bonds is 5. The Morgan fingerprint density at radius 2 is 1.96 bits per heavy atom. The lowest BCUT2D eigenvalue weighted by atomic mass is 10.1. The number of benzene rings is 2. The summed E-state index contributed by atoms with van der Waals surface area (Å²) in [6.07, 6.45) is 1.55. The summed E-state index contributed by atoms with van der Waals surface area (Å²) in [5.74, 6) is 2.18. The van der Waals surface area contributed by atoms with Gasteiger partial charge in [0.15, 0.2) is 0 Å². The molecule has 4 rings (SSSR count). The zero-order chi connectivity index (χ0) is 19.3. The van der Waals surface area contributed by atoms with E-state index >= 15 is 0 Å². The maximum atomic E-state index is 12.8. The fourth-order valence-corrected chi connectivity index (χ4v) is 4.36. The van der Waals surface area contributed by atoms with Crippen molar-refractivity contribution in [2.75, 3.05) is 29.9 Å². The molecule has 1 saturated heterocycles. The molecule has 0 aliphatic carbocycles. The second-order valence-electron chi connectivity index (χ2n) is 6.71. The van der Waals surface area contributed by atoms with Crippen LogP contribution in [0, 0.1) is 0 Å². The number of aromatic amines is 1. The van der Waals surface area contributed by atoms with E-state index in [-0.39, 0.29) is 5.91 Å². The van der Waals surface area contributed by atoms with Crippen molar-refractivity contribution in [2.45, 2.75) is 6.54 Å². The minimum atomic E-state index is -0.190. The van der Waals surface area contributed by atoms with Gasteiger partial charge < -0.3 is 5.32 Å². The number of amides is 1. The normalized spacial score (nSPS) is 14.8. The van der Waals surface area contributed by atoms with Gasteiger partial charge in [0.1, 0.15) is 0 Å². The first kappa shape index (κ1) is 19.1. The molecular weight excluding hydrogens is 392 g/mol. The highest BCUT2D eigenvalue weighted by Crippen LogP contribution is 2.24. The Morgan fingerprint density at radius 3 is 2.75 bits per heavy atom. The first-order chi connectivity index (χ1) is 13.7. The third kappa shape index (κ3) is 4.58. The number of carbonyl (C=O) groups is 1. The van der Waals surface area contributed by atoms with Gasteiger partial charge in [-0.15, -0.1) is 0 Å². The molecule has 1 aromatic heterocycles. The molecule has 5 nitrogen and oxygen atoms in total. The van der Waals surface area contributed by atoms with Crippen molar-refractivity contribution in [3.8, 4) is 11.3 Å². The topological polar surface area (TPSA) is 61.0 Å². The van der Waals surface area contributed by atoms with Crippen LogP contribution in [0.2, 0.25) is 5.02 Å². The Kier molecular flexibility index (Phi) is 6.00. The van der Waals surface area contributed by atoms with Gasteiger partial charge in [-0.3, -0.25) is 14.8 Å². The Balaban J connectivity index is 1.48. The largest absolute Gasteiger partial charge is 0.322 e. The number of nitrogens with zero attached hydrogens (tertiary/aromatic N) is 2. The lowest BCUT2D eigenvalue weighted by Gasteiger charge is -2.26. The summed E-state index contributed by atoms with van der Waals surface area (Å²) in [4.78, 5) is 15.3. The van der Waals surface area contributed by atoms with E-state index in [1.165, 1.54) is 17.1 Å². The van der Waals surface area contributed by atoms with E-state index in [1.54, 1.807) is 18.3 Å². The van der Waals surface area contributed by atoms with Crippen LogP contribution in [0.1, 0.15) is 15.9 Å². The van der Waals surface area contributed by atoms with Gasteiger partial charge in [0, 0.05) is 47.4 Å². The molecule has 0 spiro atoms. The van der Waals surface area contributed by atoms with Gasteiger partial charge in [-0.1, -0.05) is 35.9 Å². The third-order valence-corrected chi connectivity index (χ3v) is 5.91. The summed E-state index contributed by atoms with van der Waals surface area (Å²) in [6, 6.07) is 15.4. The minimum absolute atomic E-state index is 0.190. The lowest BCUT2D eigenvalue weighted by molar-refractivity contribution is 0.102. The first-order valence-electron chi connectivity index (χ1n) is 9.19. The molecule has 2 heterocycles. The number of anilines is 1. The van der Waals surface area contributed by atoms with Crippen molar-refractivity contribution in [2.24, 2.45) is 0 Å². The molecular formula is C21H21ClN4OS. The standard InChI is InChI=1S/C21H21ClN4OS/c22-17-6-4-16(5-7-17)20-19(13-23-25-20)21(27)24-18-3-1-2-15(12-18)14-26-8-10-28-11-9-26/h1-7,12-13H,8-11,14H2,(H,23,25)(H,24,27). The highest BCUT2D eigenvalue weighted by atomic mass is 35.5. The monoisotopic (exact) mass is 412 g/mol. The van der Waals surface area contributed by atoms with Gasteiger partial charge in [-0.05, 0) is 29.8 Å². The fourth-order valence-electron chi connectivity index (χ4n) is 3.26. The zero-order valence-corrected chi connectivity index (χ0v) is 16.9. The van der Waals surface area contributed by atoms with Crippen LogP contribution in [0.5, 0.6) is 0 Å². The van der Waals surface area contributed by atoms with Crippen molar-refractivity contribution < 1.29 is 4.79 Å². The molecule has 7 heteroatoms. The number of hydrogen-bond donors (Lipinski definition) is 2. The van der Waals surface area contributed by atoms with E-state index in [9.17, 15) is 4.79 Å². The van der Waals surface area contributed by atoms with Crippen LogP contribution in [0.25, 0.3) is 11.3 Å². The maximum Gasteiger partial charge on any atom is 0.259 e. The molecule has 1 aliphatic rings. The number of carbonyl (C=O) groups excluding carboxylic acids is 1. The molecule has 2 aromatic carbocycles. The van der Waals surface area contributed by atoms with Gasteiger partial charge in [0.05, 0.1) is 17.5 Å².